The highest BCUT2D eigenvalue weighted by molar-refractivity contribution is 6.04. The van der Waals surface area contributed by atoms with Crippen LogP contribution >= 0.6 is 0 Å². The summed E-state index contributed by atoms with van der Waals surface area (Å²) in [6.45, 7) is 3.60. The SMILES string of the molecule is CCOC(=O)C(C(=O)CC)c1cc(OC)c(OC)c(OC)c1. The fourth-order valence-corrected chi connectivity index (χ4v) is 2.15. The first kappa shape index (κ1) is 17.8. The van der Waals surface area contributed by atoms with Gasteiger partial charge in [-0.05, 0) is 24.6 Å². The molecule has 0 aromatic heterocycles. The second kappa shape index (κ2) is 8.26. The normalized spacial score (nSPS) is 11.5. The van der Waals surface area contributed by atoms with Crippen LogP contribution in [0.15, 0.2) is 12.1 Å². The summed E-state index contributed by atoms with van der Waals surface area (Å²) in [5, 5.41) is 0. The Morgan fingerprint density at radius 2 is 1.55 bits per heavy atom. The molecule has 0 radical (unpaired) electrons. The molecule has 1 aromatic carbocycles. The monoisotopic (exact) mass is 310 g/mol. The Kier molecular flexibility index (Phi) is 6.69. The van der Waals surface area contributed by atoms with Gasteiger partial charge in [-0.2, -0.15) is 0 Å². The van der Waals surface area contributed by atoms with Crippen molar-refractivity contribution in [3.05, 3.63) is 17.7 Å². The van der Waals surface area contributed by atoms with Gasteiger partial charge in [0.1, 0.15) is 5.92 Å². The first-order valence-electron chi connectivity index (χ1n) is 7.03. The van der Waals surface area contributed by atoms with Gasteiger partial charge < -0.3 is 18.9 Å². The number of benzene rings is 1. The van der Waals surface area contributed by atoms with E-state index in [0.717, 1.165) is 0 Å². The largest absolute Gasteiger partial charge is 0.493 e. The quantitative estimate of drug-likeness (QED) is 0.542. The van der Waals surface area contributed by atoms with E-state index < -0.39 is 11.9 Å². The number of hydrogen-bond donors (Lipinski definition) is 0. The van der Waals surface area contributed by atoms with Crippen LogP contribution in [0.2, 0.25) is 0 Å². The number of carbonyl (C=O) groups is 2. The summed E-state index contributed by atoms with van der Waals surface area (Å²) in [4.78, 5) is 24.3. The molecular weight excluding hydrogens is 288 g/mol. The maximum Gasteiger partial charge on any atom is 0.321 e. The molecular formula is C16H22O6. The molecule has 0 bridgehead atoms. The summed E-state index contributed by atoms with van der Waals surface area (Å²) < 4.78 is 20.8. The minimum Gasteiger partial charge on any atom is -0.493 e. The molecule has 1 unspecified atom stereocenters. The third kappa shape index (κ3) is 3.69. The molecule has 0 heterocycles. The molecule has 0 aliphatic heterocycles. The number of carbonyl (C=O) groups excluding carboxylic acids is 2. The molecule has 0 spiro atoms. The van der Waals surface area contributed by atoms with E-state index >= 15 is 0 Å². The van der Waals surface area contributed by atoms with Crippen molar-refractivity contribution in [1.29, 1.82) is 0 Å². The number of methoxy groups -OCH3 is 3. The van der Waals surface area contributed by atoms with E-state index in [-0.39, 0.29) is 18.8 Å². The first-order chi connectivity index (χ1) is 10.5. The Bertz CT molecular complexity index is 512. The predicted octanol–water partition coefficient (Wildman–Crippen LogP) is 2.34. The number of rotatable bonds is 8. The van der Waals surface area contributed by atoms with Crippen LogP contribution in [-0.4, -0.2) is 39.7 Å². The second-order valence-corrected chi connectivity index (χ2v) is 4.46. The van der Waals surface area contributed by atoms with Crippen molar-refractivity contribution < 1.29 is 28.5 Å². The lowest BCUT2D eigenvalue weighted by molar-refractivity contribution is -0.147. The zero-order valence-corrected chi connectivity index (χ0v) is 13.6. The number of esters is 1. The maximum absolute atomic E-state index is 12.2. The molecule has 0 amide bonds. The Labute approximate surface area is 130 Å². The summed E-state index contributed by atoms with van der Waals surface area (Å²) in [6.07, 6.45) is 0.222. The maximum atomic E-state index is 12.2. The van der Waals surface area contributed by atoms with Crippen molar-refractivity contribution in [2.24, 2.45) is 0 Å². The minimum atomic E-state index is -1.00. The van der Waals surface area contributed by atoms with E-state index in [2.05, 4.69) is 0 Å². The van der Waals surface area contributed by atoms with Crippen LogP contribution in [0.4, 0.5) is 0 Å². The highest BCUT2D eigenvalue weighted by atomic mass is 16.5. The van der Waals surface area contributed by atoms with Crippen molar-refractivity contribution in [3.8, 4) is 17.2 Å². The highest BCUT2D eigenvalue weighted by Crippen LogP contribution is 2.40. The van der Waals surface area contributed by atoms with Gasteiger partial charge in [0, 0.05) is 6.42 Å². The van der Waals surface area contributed by atoms with Gasteiger partial charge in [0.05, 0.1) is 27.9 Å². The van der Waals surface area contributed by atoms with E-state index in [4.69, 9.17) is 18.9 Å². The molecule has 0 fully saturated rings. The Morgan fingerprint density at radius 3 is 1.91 bits per heavy atom. The third-order valence-electron chi connectivity index (χ3n) is 3.21. The summed E-state index contributed by atoms with van der Waals surface area (Å²) in [5.41, 5.74) is 0.458. The van der Waals surface area contributed by atoms with Gasteiger partial charge in [-0.1, -0.05) is 6.92 Å². The van der Waals surface area contributed by atoms with Crippen LogP contribution in [0.5, 0.6) is 17.2 Å². The summed E-state index contributed by atoms with van der Waals surface area (Å²) in [6, 6.07) is 3.19. The zero-order valence-electron chi connectivity index (χ0n) is 13.6. The highest BCUT2D eigenvalue weighted by Gasteiger charge is 2.30. The Hall–Kier alpha value is -2.24. The number of ether oxygens (including phenoxy) is 4. The lowest BCUT2D eigenvalue weighted by Crippen LogP contribution is -2.24. The van der Waals surface area contributed by atoms with Crippen molar-refractivity contribution in [1.82, 2.24) is 0 Å². The summed E-state index contributed by atoms with van der Waals surface area (Å²) in [7, 11) is 4.43. The lowest BCUT2D eigenvalue weighted by Gasteiger charge is -2.18. The van der Waals surface area contributed by atoms with Crippen LogP contribution in [0.25, 0.3) is 0 Å². The average Bonchev–Trinajstić information content (AvgIpc) is 2.53. The average molecular weight is 310 g/mol. The molecule has 122 valence electrons. The molecule has 1 atom stereocenters. The van der Waals surface area contributed by atoms with Gasteiger partial charge in [-0.3, -0.25) is 9.59 Å². The number of hydrogen-bond acceptors (Lipinski definition) is 6. The number of Topliss-reactive ketones (excluding diaryl/α,β-unsaturated/α-hetero) is 1. The van der Waals surface area contributed by atoms with Crippen LogP contribution < -0.4 is 14.2 Å². The predicted molar refractivity (Wildman–Crippen MR) is 80.8 cm³/mol. The van der Waals surface area contributed by atoms with E-state index in [1.54, 1.807) is 26.0 Å². The fourth-order valence-electron chi connectivity index (χ4n) is 2.15. The molecule has 0 aliphatic carbocycles. The zero-order chi connectivity index (χ0) is 16.7. The van der Waals surface area contributed by atoms with E-state index in [1.165, 1.54) is 21.3 Å². The topological polar surface area (TPSA) is 71.1 Å². The number of ketones is 1. The van der Waals surface area contributed by atoms with Crippen molar-refractivity contribution in [2.45, 2.75) is 26.2 Å². The molecule has 0 N–H and O–H groups in total. The Morgan fingerprint density at radius 1 is 1.00 bits per heavy atom. The van der Waals surface area contributed by atoms with Gasteiger partial charge in [0.2, 0.25) is 5.75 Å². The van der Waals surface area contributed by atoms with E-state index in [0.29, 0.717) is 22.8 Å². The molecule has 6 nitrogen and oxygen atoms in total. The summed E-state index contributed by atoms with van der Waals surface area (Å²) in [5.74, 6) is -0.639. The first-order valence-corrected chi connectivity index (χ1v) is 7.03. The van der Waals surface area contributed by atoms with Gasteiger partial charge in [-0.25, -0.2) is 0 Å². The van der Waals surface area contributed by atoms with Gasteiger partial charge in [0.25, 0.3) is 0 Å². The lowest BCUT2D eigenvalue weighted by atomic mass is 9.92. The molecule has 22 heavy (non-hydrogen) atoms. The van der Waals surface area contributed by atoms with E-state index in [1.807, 2.05) is 0 Å². The summed E-state index contributed by atoms with van der Waals surface area (Å²) >= 11 is 0. The standard InChI is InChI=1S/C16H22O6/c1-6-11(17)14(16(18)22-7-2)10-8-12(19-3)15(21-5)13(9-10)20-4/h8-9,14H,6-7H2,1-5H3. The van der Waals surface area contributed by atoms with Crippen LogP contribution in [-0.2, 0) is 14.3 Å². The molecule has 0 saturated heterocycles. The van der Waals surface area contributed by atoms with Gasteiger partial charge in [-0.15, -0.1) is 0 Å². The second-order valence-electron chi connectivity index (χ2n) is 4.46. The molecule has 6 heteroatoms. The van der Waals surface area contributed by atoms with Crippen LogP contribution in [0.1, 0.15) is 31.7 Å². The van der Waals surface area contributed by atoms with Crippen molar-refractivity contribution >= 4 is 11.8 Å². The minimum absolute atomic E-state index is 0.205. The Balaban J connectivity index is 3.41. The smallest absolute Gasteiger partial charge is 0.321 e. The van der Waals surface area contributed by atoms with Crippen molar-refractivity contribution in [2.75, 3.05) is 27.9 Å². The fraction of sp³-hybridized carbons (Fsp3) is 0.500. The molecule has 1 aromatic rings. The molecule has 1 rings (SSSR count). The van der Waals surface area contributed by atoms with Crippen LogP contribution in [0, 0.1) is 0 Å². The van der Waals surface area contributed by atoms with Crippen LogP contribution in [0.3, 0.4) is 0 Å². The van der Waals surface area contributed by atoms with E-state index in [9.17, 15) is 9.59 Å². The molecule has 0 saturated carbocycles. The third-order valence-corrected chi connectivity index (χ3v) is 3.21. The van der Waals surface area contributed by atoms with Gasteiger partial charge >= 0.3 is 5.97 Å². The molecule has 0 aliphatic rings. The van der Waals surface area contributed by atoms with Gasteiger partial charge in [0.15, 0.2) is 17.3 Å². The van der Waals surface area contributed by atoms with Crippen molar-refractivity contribution in [3.63, 3.8) is 0 Å².